The Morgan fingerprint density at radius 1 is 1.07 bits per heavy atom. The van der Waals surface area contributed by atoms with Crippen molar-refractivity contribution in [1.29, 1.82) is 0 Å². The van der Waals surface area contributed by atoms with Crippen molar-refractivity contribution in [3.63, 3.8) is 0 Å². The molecule has 4 rings (SSSR count). The van der Waals surface area contributed by atoms with Gasteiger partial charge in [-0.15, -0.1) is 0 Å². The van der Waals surface area contributed by atoms with Gasteiger partial charge in [-0.2, -0.15) is 0 Å². The van der Waals surface area contributed by atoms with Crippen molar-refractivity contribution < 1.29 is 38.2 Å². The molecule has 11 heteroatoms. The van der Waals surface area contributed by atoms with Crippen molar-refractivity contribution in [2.24, 2.45) is 0 Å². The lowest BCUT2D eigenvalue weighted by atomic mass is 10.0. The molecule has 1 aliphatic heterocycles. The number of hydrogen-bond acceptors (Lipinski definition) is 6. The zero-order chi connectivity index (χ0) is 21.6. The summed E-state index contributed by atoms with van der Waals surface area (Å²) < 4.78 is 29.7. The first-order valence-corrected chi connectivity index (χ1v) is 10.4. The lowest BCUT2D eigenvalue weighted by Gasteiger charge is -2.15. The van der Waals surface area contributed by atoms with Gasteiger partial charge >= 0.3 is 7.60 Å². The summed E-state index contributed by atoms with van der Waals surface area (Å²) in [6.07, 6.45) is 0.312. The molecule has 154 valence electrons. The number of ether oxygens (including phenoxy) is 1. The van der Waals surface area contributed by atoms with Crippen molar-refractivity contribution in [1.82, 2.24) is 9.88 Å². The number of nitrogens with zero attached hydrogens (tertiary/aromatic N) is 2. The largest absolute Gasteiger partial charge is 0.505 e. The number of fused-ring (bicyclic) bond motifs is 2. The molecule has 0 saturated carbocycles. The van der Waals surface area contributed by atoms with E-state index in [-0.39, 0.29) is 34.3 Å². The Morgan fingerprint density at radius 2 is 1.73 bits per heavy atom. The predicted molar refractivity (Wildman–Crippen MR) is 102 cm³/mol. The zero-order valence-electron chi connectivity index (χ0n) is 15.1. The molecule has 0 unspecified atom stereocenters. The first-order chi connectivity index (χ1) is 14.2. The van der Waals surface area contributed by atoms with Gasteiger partial charge in [0.2, 0.25) is 0 Å². The highest BCUT2D eigenvalue weighted by Gasteiger charge is 2.42. The molecule has 0 aliphatic carbocycles. The van der Waals surface area contributed by atoms with E-state index in [0.29, 0.717) is 5.56 Å². The third-order valence-corrected chi connectivity index (χ3v) is 5.00. The van der Waals surface area contributed by atoms with Gasteiger partial charge in [0.05, 0.1) is 12.1 Å². The Hall–Kier alpha value is -3.33. The molecule has 1 aliphatic rings. The van der Waals surface area contributed by atoms with Crippen LogP contribution in [0.5, 0.6) is 11.5 Å². The Balaban J connectivity index is 1.85. The van der Waals surface area contributed by atoms with Gasteiger partial charge in [-0.25, -0.2) is 4.39 Å². The van der Waals surface area contributed by atoms with Crippen LogP contribution in [0.15, 0.2) is 42.6 Å². The van der Waals surface area contributed by atoms with Gasteiger partial charge in [-0.05, 0) is 29.8 Å². The highest BCUT2D eigenvalue weighted by molar-refractivity contribution is 7.51. The fourth-order valence-corrected chi connectivity index (χ4v) is 3.55. The number of aromatic nitrogens is 1. The molecule has 3 N–H and O–H groups in total. The van der Waals surface area contributed by atoms with Crippen molar-refractivity contribution >= 4 is 30.3 Å². The highest BCUT2D eigenvalue weighted by atomic mass is 31.2. The van der Waals surface area contributed by atoms with Crippen LogP contribution in [0, 0.1) is 5.82 Å². The number of rotatable bonds is 5. The molecular weight excluding hydrogens is 418 g/mol. The van der Waals surface area contributed by atoms with Crippen LogP contribution < -0.4 is 4.74 Å². The summed E-state index contributed by atoms with van der Waals surface area (Å²) >= 11 is 0. The normalized spacial score (nSPS) is 13.8. The standard InChI is InChI=1S/C19H14FN2O7P/c20-11-5-3-10(4-6-11)8-22-18(24)13-14(19(22)25)17(29-9-30(26,27)28)12-2-1-7-21-15(12)16(13)23/h1-7,23H,8-9H2,(H2,26,27,28). The summed E-state index contributed by atoms with van der Waals surface area (Å²) in [5.74, 6) is -2.92. The molecule has 0 atom stereocenters. The molecule has 9 nitrogen and oxygen atoms in total. The Labute approximate surface area is 168 Å². The zero-order valence-corrected chi connectivity index (χ0v) is 16.0. The molecule has 0 bridgehead atoms. The Morgan fingerprint density at radius 3 is 2.40 bits per heavy atom. The second-order valence-corrected chi connectivity index (χ2v) is 8.18. The van der Waals surface area contributed by atoms with Gasteiger partial charge in [-0.3, -0.25) is 24.0 Å². The summed E-state index contributed by atoms with van der Waals surface area (Å²) in [6, 6.07) is 8.09. The SMILES string of the molecule is O=C1c2c(c(O)c3ncccc3c2OCP(=O)(O)O)C(=O)N1Cc1ccc(F)cc1. The molecular formula is C19H14FN2O7P. The van der Waals surface area contributed by atoms with Crippen LogP contribution in [0.1, 0.15) is 26.3 Å². The number of benzene rings is 2. The molecule has 0 spiro atoms. The number of carbonyl (C=O) groups excluding carboxylic acids is 2. The predicted octanol–water partition coefficient (Wildman–Crippen LogP) is 2.39. The van der Waals surface area contributed by atoms with E-state index in [4.69, 9.17) is 14.5 Å². The molecule has 2 heterocycles. The van der Waals surface area contributed by atoms with Crippen LogP contribution in [0.4, 0.5) is 4.39 Å². The van der Waals surface area contributed by atoms with Crippen molar-refractivity contribution in [2.75, 3.05) is 6.35 Å². The van der Waals surface area contributed by atoms with E-state index in [0.717, 1.165) is 4.90 Å². The van der Waals surface area contributed by atoms with Gasteiger partial charge < -0.3 is 19.6 Å². The second kappa shape index (κ2) is 7.17. The van der Waals surface area contributed by atoms with Crippen molar-refractivity contribution in [2.45, 2.75) is 6.54 Å². The van der Waals surface area contributed by atoms with Crippen LogP contribution in [0.25, 0.3) is 10.9 Å². The van der Waals surface area contributed by atoms with Crippen LogP contribution in [0.3, 0.4) is 0 Å². The van der Waals surface area contributed by atoms with Gasteiger partial charge in [-0.1, -0.05) is 12.1 Å². The molecule has 0 saturated heterocycles. The number of aromatic hydroxyl groups is 1. The molecule has 2 amide bonds. The van der Waals surface area contributed by atoms with E-state index < -0.39 is 37.3 Å². The number of amides is 2. The first-order valence-electron chi connectivity index (χ1n) is 8.59. The molecule has 30 heavy (non-hydrogen) atoms. The van der Waals surface area contributed by atoms with E-state index in [1.165, 1.54) is 42.6 Å². The number of carbonyl (C=O) groups is 2. The van der Waals surface area contributed by atoms with Crippen LogP contribution >= 0.6 is 7.60 Å². The average Bonchev–Trinajstić information content (AvgIpc) is 2.94. The highest BCUT2D eigenvalue weighted by Crippen LogP contribution is 2.45. The maximum Gasteiger partial charge on any atom is 0.362 e. The fourth-order valence-electron chi connectivity index (χ4n) is 3.25. The summed E-state index contributed by atoms with van der Waals surface area (Å²) in [4.78, 5) is 49.1. The third-order valence-electron chi connectivity index (χ3n) is 4.54. The number of pyridine rings is 1. The van der Waals surface area contributed by atoms with Crippen molar-refractivity contribution in [3.05, 3.63) is 65.1 Å². The monoisotopic (exact) mass is 432 g/mol. The lowest BCUT2D eigenvalue weighted by Crippen LogP contribution is -2.29. The minimum Gasteiger partial charge on any atom is -0.505 e. The third kappa shape index (κ3) is 3.41. The number of halogens is 1. The maximum atomic E-state index is 13.1. The quantitative estimate of drug-likeness (QED) is 0.413. The molecule has 2 aromatic carbocycles. The number of phenolic OH excluding ortho intramolecular Hbond substituents is 1. The summed E-state index contributed by atoms with van der Waals surface area (Å²) in [6.45, 7) is -0.201. The number of imide groups is 1. The molecule has 3 aromatic rings. The van der Waals surface area contributed by atoms with Crippen molar-refractivity contribution in [3.8, 4) is 11.5 Å². The molecule has 0 fully saturated rings. The summed E-state index contributed by atoms with van der Waals surface area (Å²) in [5.41, 5.74) is -0.268. The van der Waals surface area contributed by atoms with Crippen LogP contribution in [-0.2, 0) is 11.1 Å². The van der Waals surface area contributed by atoms with Crippen LogP contribution in [0.2, 0.25) is 0 Å². The van der Waals surface area contributed by atoms with E-state index in [2.05, 4.69) is 4.98 Å². The first kappa shape index (κ1) is 20.0. The molecule has 1 aromatic heterocycles. The van der Waals surface area contributed by atoms with Gasteiger partial charge in [0.15, 0.2) is 12.1 Å². The maximum absolute atomic E-state index is 13.1. The summed E-state index contributed by atoms with van der Waals surface area (Å²) in [7, 11) is -4.61. The van der Waals surface area contributed by atoms with Gasteiger partial charge in [0.1, 0.15) is 22.6 Å². The average molecular weight is 432 g/mol. The fraction of sp³-hybridized carbons (Fsp3) is 0.105. The van der Waals surface area contributed by atoms with E-state index in [1.807, 2.05) is 0 Å². The number of phenols is 1. The second-order valence-electron chi connectivity index (χ2n) is 6.59. The summed E-state index contributed by atoms with van der Waals surface area (Å²) in [5, 5.41) is 10.7. The molecule has 0 radical (unpaired) electrons. The van der Waals surface area contributed by atoms with Gasteiger partial charge in [0.25, 0.3) is 11.8 Å². The van der Waals surface area contributed by atoms with Crippen LogP contribution in [-0.4, -0.2) is 42.9 Å². The van der Waals surface area contributed by atoms with E-state index in [9.17, 15) is 23.7 Å². The van der Waals surface area contributed by atoms with E-state index in [1.54, 1.807) is 0 Å². The van der Waals surface area contributed by atoms with E-state index >= 15 is 0 Å². The van der Waals surface area contributed by atoms with Gasteiger partial charge in [0, 0.05) is 11.6 Å². The Bertz CT molecular complexity index is 1240. The topological polar surface area (TPSA) is 137 Å². The Kier molecular flexibility index (Phi) is 4.77. The minimum atomic E-state index is -4.61. The lowest BCUT2D eigenvalue weighted by molar-refractivity contribution is 0.0640. The minimum absolute atomic E-state index is 0.0539. The smallest absolute Gasteiger partial charge is 0.362 e. The number of hydrogen-bond donors (Lipinski definition) is 3.